The predicted molar refractivity (Wildman–Crippen MR) is 110 cm³/mol. The Hall–Kier alpha value is -2.09. The Balaban J connectivity index is 0.00000288. The van der Waals surface area contributed by atoms with E-state index in [0.717, 1.165) is 16.8 Å². The minimum atomic E-state index is -0.0408. The third kappa shape index (κ3) is 7.45. The van der Waals surface area contributed by atoms with Crippen LogP contribution in [0.4, 0.5) is 5.69 Å². The van der Waals surface area contributed by atoms with Gasteiger partial charge in [0.1, 0.15) is 0 Å². The summed E-state index contributed by atoms with van der Waals surface area (Å²) in [7, 11) is 0. The maximum Gasteiger partial charge on any atom is 0.222 e. The molecule has 0 unspecified atom stereocenters. The smallest absolute Gasteiger partial charge is 0.222 e. The van der Waals surface area contributed by atoms with Gasteiger partial charge in [-0.05, 0) is 30.2 Å². The van der Waals surface area contributed by atoms with Crippen LogP contribution in [0, 0.1) is 6.92 Å². The Kier molecular flexibility index (Phi) is 8.85. The van der Waals surface area contributed by atoms with Gasteiger partial charge in [0.05, 0.1) is 6.54 Å². The Bertz CT molecular complexity index is 674. The summed E-state index contributed by atoms with van der Waals surface area (Å²) in [4.78, 5) is 15.9. The van der Waals surface area contributed by atoms with Gasteiger partial charge in [-0.1, -0.05) is 42.5 Å². The van der Waals surface area contributed by atoms with Crippen LogP contribution in [-0.2, 0) is 11.3 Å². The van der Waals surface area contributed by atoms with Gasteiger partial charge in [-0.2, -0.15) is 0 Å². The minimum Gasteiger partial charge on any atom is -0.370 e. The second-order valence-corrected chi connectivity index (χ2v) is 5.27. The number of hydrogen-bond acceptors (Lipinski definition) is 2. The van der Waals surface area contributed by atoms with E-state index >= 15 is 0 Å². The number of rotatable bonds is 6. The number of aryl methyl sites for hydroxylation is 1. The van der Waals surface area contributed by atoms with Crippen LogP contribution in [-0.4, -0.2) is 18.4 Å². The van der Waals surface area contributed by atoms with Gasteiger partial charge < -0.3 is 16.4 Å². The number of aliphatic imine (C=N–C) groups is 1. The lowest BCUT2D eigenvalue weighted by Crippen LogP contribution is -2.25. The Labute approximate surface area is 159 Å². The van der Waals surface area contributed by atoms with E-state index in [9.17, 15) is 4.79 Å². The van der Waals surface area contributed by atoms with Crippen molar-refractivity contribution in [3.63, 3.8) is 0 Å². The molecule has 4 N–H and O–H groups in total. The maximum absolute atomic E-state index is 11.8. The molecular formula is C18H23IN4O. The molecule has 2 aromatic carbocycles. The van der Waals surface area contributed by atoms with E-state index in [1.807, 2.05) is 61.5 Å². The van der Waals surface area contributed by atoms with Crippen molar-refractivity contribution in [1.29, 1.82) is 0 Å². The van der Waals surface area contributed by atoms with Crippen molar-refractivity contribution in [2.45, 2.75) is 19.9 Å². The number of carbonyl (C=O) groups is 1. The number of carbonyl (C=O) groups excluding carboxylic acids is 1. The highest BCUT2D eigenvalue weighted by atomic mass is 127. The van der Waals surface area contributed by atoms with Crippen molar-refractivity contribution in [2.24, 2.45) is 10.7 Å². The molecule has 6 heteroatoms. The highest BCUT2D eigenvalue weighted by molar-refractivity contribution is 14.0. The maximum atomic E-state index is 11.8. The highest BCUT2D eigenvalue weighted by Crippen LogP contribution is 2.08. The molecule has 128 valence electrons. The largest absolute Gasteiger partial charge is 0.370 e. The molecule has 2 rings (SSSR count). The predicted octanol–water partition coefficient (Wildman–Crippen LogP) is 3.05. The Morgan fingerprint density at radius 2 is 1.88 bits per heavy atom. The fraction of sp³-hybridized carbons (Fsp3) is 0.222. The van der Waals surface area contributed by atoms with E-state index in [0.29, 0.717) is 25.5 Å². The van der Waals surface area contributed by atoms with Gasteiger partial charge in [-0.3, -0.25) is 9.79 Å². The molecule has 1 amide bonds. The van der Waals surface area contributed by atoms with Crippen LogP contribution in [0.2, 0.25) is 0 Å². The Morgan fingerprint density at radius 1 is 1.12 bits per heavy atom. The zero-order valence-electron chi connectivity index (χ0n) is 13.7. The lowest BCUT2D eigenvalue weighted by molar-refractivity contribution is -0.121. The molecule has 0 saturated carbocycles. The highest BCUT2D eigenvalue weighted by Gasteiger charge is 2.01. The van der Waals surface area contributed by atoms with E-state index < -0.39 is 0 Å². The van der Waals surface area contributed by atoms with Crippen LogP contribution in [0.5, 0.6) is 0 Å². The molecule has 5 nitrogen and oxygen atoms in total. The first kappa shape index (κ1) is 20.0. The van der Waals surface area contributed by atoms with Crippen LogP contribution in [0.25, 0.3) is 0 Å². The summed E-state index contributed by atoms with van der Waals surface area (Å²) in [6, 6.07) is 17.6. The summed E-state index contributed by atoms with van der Waals surface area (Å²) in [5.41, 5.74) is 8.92. The number of nitrogens with two attached hydrogens (primary N) is 1. The van der Waals surface area contributed by atoms with Crippen LogP contribution in [0.3, 0.4) is 0 Å². The first-order valence-corrected chi connectivity index (χ1v) is 7.58. The fourth-order valence-electron chi connectivity index (χ4n) is 2.07. The van der Waals surface area contributed by atoms with E-state index in [-0.39, 0.29) is 29.9 Å². The molecule has 0 bridgehead atoms. The topological polar surface area (TPSA) is 79.5 Å². The van der Waals surface area contributed by atoms with Crippen LogP contribution in [0.15, 0.2) is 59.6 Å². The van der Waals surface area contributed by atoms with Crippen LogP contribution in [0.1, 0.15) is 17.5 Å². The molecule has 0 aliphatic carbocycles. The van der Waals surface area contributed by atoms with E-state index in [2.05, 4.69) is 15.6 Å². The van der Waals surface area contributed by atoms with Crippen molar-refractivity contribution >= 4 is 41.5 Å². The summed E-state index contributed by atoms with van der Waals surface area (Å²) >= 11 is 0. The normalized spacial score (nSPS) is 10.6. The van der Waals surface area contributed by atoms with Gasteiger partial charge in [0.15, 0.2) is 5.96 Å². The molecule has 0 saturated heterocycles. The summed E-state index contributed by atoms with van der Waals surface area (Å²) < 4.78 is 0. The second-order valence-electron chi connectivity index (χ2n) is 5.27. The number of hydrogen-bond donors (Lipinski definition) is 3. The quantitative estimate of drug-likeness (QED) is 0.369. The van der Waals surface area contributed by atoms with Crippen molar-refractivity contribution in [3.8, 4) is 0 Å². The SMILES string of the molecule is Cc1cccc(NC(N)=NCCC(=O)NCc2ccccc2)c1.I. The summed E-state index contributed by atoms with van der Waals surface area (Å²) in [5.74, 6) is 0.271. The molecule has 0 radical (unpaired) electrons. The van der Waals surface area contributed by atoms with Crippen LogP contribution >= 0.6 is 24.0 Å². The first-order chi connectivity index (χ1) is 11.1. The van der Waals surface area contributed by atoms with Gasteiger partial charge in [-0.25, -0.2) is 0 Å². The molecule has 0 aliphatic rings. The number of anilines is 1. The lowest BCUT2D eigenvalue weighted by atomic mass is 10.2. The lowest BCUT2D eigenvalue weighted by Gasteiger charge is -2.07. The number of nitrogens with zero attached hydrogens (tertiary/aromatic N) is 1. The standard InChI is InChI=1S/C18H22N4O.HI/c1-14-6-5-9-16(12-14)22-18(19)20-11-10-17(23)21-13-15-7-3-2-4-8-15;/h2-9,12H,10-11,13H2,1H3,(H,21,23)(H3,19,20,22);1H. The summed E-state index contributed by atoms with van der Waals surface area (Å²) in [6.07, 6.45) is 0.309. The number of amides is 1. The first-order valence-electron chi connectivity index (χ1n) is 7.58. The molecule has 0 atom stereocenters. The number of benzene rings is 2. The van der Waals surface area contributed by atoms with Gasteiger partial charge in [0.2, 0.25) is 5.91 Å². The third-order valence-corrected chi connectivity index (χ3v) is 3.24. The molecule has 0 aliphatic heterocycles. The number of nitrogens with one attached hydrogen (secondary N) is 2. The zero-order valence-corrected chi connectivity index (χ0v) is 16.0. The summed E-state index contributed by atoms with van der Waals surface area (Å²) in [5, 5.41) is 5.87. The molecule has 24 heavy (non-hydrogen) atoms. The fourth-order valence-corrected chi connectivity index (χ4v) is 2.07. The zero-order chi connectivity index (χ0) is 16.5. The molecule has 0 spiro atoms. The number of guanidine groups is 1. The van der Waals surface area contributed by atoms with Gasteiger partial charge in [-0.15, -0.1) is 24.0 Å². The van der Waals surface area contributed by atoms with E-state index in [1.54, 1.807) is 0 Å². The second kappa shape index (κ2) is 10.6. The van der Waals surface area contributed by atoms with E-state index in [1.165, 1.54) is 0 Å². The van der Waals surface area contributed by atoms with Crippen molar-refractivity contribution in [1.82, 2.24) is 5.32 Å². The minimum absolute atomic E-state index is 0. The van der Waals surface area contributed by atoms with Gasteiger partial charge in [0.25, 0.3) is 0 Å². The van der Waals surface area contributed by atoms with Crippen molar-refractivity contribution in [3.05, 3.63) is 65.7 Å². The summed E-state index contributed by atoms with van der Waals surface area (Å²) in [6.45, 7) is 2.89. The number of halogens is 1. The third-order valence-electron chi connectivity index (χ3n) is 3.24. The molecular weight excluding hydrogens is 415 g/mol. The molecule has 0 heterocycles. The van der Waals surface area contributed by atoms with E-state index in [4.69, 9.17) is 5.73 Å². The average molecular weight is 438 g/mol. The van der Waals surface area contributed by atoms with Crippen molar-refractivity contribution < 1.29 is 4.79 Å². The van der Waals surface area contributed by atoms with Crippen LogP contribution < -0.4 is 16.4 Å². The monoisotopic (exact) mass is 438 g/mol. The molecule has 2 aromatic rings. The molecule has 0 fully saturated rings. The Morgan fingerprint density at radius 3 is 2.58 bits per heavy atom. The van der Waals surface area contributed by atoms with Gasteiger partial charge >= 0.3 is 0 Å². The average Bonchev–Trinajstić information content (AvgIpc) is 2.54. The van der Waals surface area contributed by atoms with Gasteiger partial charge in [0, 0.05) is 18.7 Å². The van der Waals surface area contributed by atoms with Crippen molar-refractivity contribution in [2.75, 3.05) is 11.9 Å². The molecule has 0 aromatic heterocycles.